The van der Waals surface area contributed by atoms with Gasteiger partial charge in [-0.1, -0.05) is 13.0 Å². The Kier molecular flexibility index (Phi) is 3.31. The topological polar surface area (TPSA) is 43.7 Å². The summed E-state index contributed by atoms with van der Waals surface area (Å²) in [5.74, 6) is -0.430. The van der Waals surface area contributed by atoms with E-state index in [4.69, 9.17) is 0 Å². The van der Waals surface area contributed by atoms with Crippen molar-refractivity contribution in [2.24, 2.45) is 0 Å². The van der Waals surface area contributed by atoms with Crippen LogP contribution in [0.2, 0.25) is 0 Å². The van der Waals surface area contributed by atoms with Gasteiger partial charge in [0.05, 0.1) is 0 Å². The highest BCUT2D eigenvalue weighted by molar-refractivity contribution is 5.50. The van der Waals surface area contributed by atoms with Crippen LogP contribution in [-0.2, 0) is 13.0 Å². The zero-order chi connectivity index (χ0) is 16.1. The molecule has 0 saturated carbocycles. The smallest absolute Gasteiger partial charge is 0.165 e. The molecule has 4 rings (SSSR count). The molecule has 0 unspecified atom stereocenters. The first kappa shape index (κ1) is 14.5. The van der Waals surface area contributed by atoms with E-state index in [2.05, 4.69) is 11.8 Å². The summed E-state index contributed by atoms with van der Waals surface area (Å²) < 4.78 is 13.7. The van der Waals surface area contributed by atoms with Crippen molar-refractivity contribution in [3.05, 3.63) is 58.4 Å². The second kappa shape index (κ2) is 5.24. The Morgan fingerprint density at radius 3 is 2.74 bits per heavy atom. The summed E-state index contributed by atoms with van der Waals surface area (Å²) in [7, 11) is 0. The van der Waals surface area contributed by atoms with E-state index in [9.17, 15) is 14.6 Å². The third-order valence-corrected chi connectivity index (χ3v) is 5.35. The summed E-state index contributed by atoms with van der Waals surface area (Å²) in [5.41, 5.74) is 4.30. The standard InChI is InChI=1S/C19H20FNO2/c1-2-21-10-12-7-13(22)4-5-14(12)19-15-9-18(23)16(20)8-11(15)3-6-17(19)21/h4-5,7-9,17,19,22-23H,2-3,6,10H2,1H3/t17-,19-/m0/s1. The fourth-order valence-electron chi connectivity index (χ4n) is 4.29. The highest BCUT2D eigenvalue weighted by atomic mass is 19.1. The van der Waals surface area contributed by atoms with Gasteiger partial charge >= 0.3 is 0 Å². The van der Waals surface area contributed by atoms with Crippen LogP contribution in [0.5, 0.6) is 11.5 Å². The first-order valence-electron chi connectivity index (χ1n) is 8.15. The van der Waals surface area contributed by atoms with Crippen molar-refractivity contribution in [1.29, 1.82) is 0 Å². The van der Waals surface area contributed by atoms with E-state index in [-0.39, 0.29) is 17.4 Å². The fraction of sp³-hybridized carbons (Fsp3) is 0.368. The van der Waals surface area contributed by atoms with Gasteiger partial charge in [-0.3, -0.25) is 4.90 Å². The van der Waals surface area contributed by atoms with E-state index >= 15 is 0 Å². The van der Waals surface area contributed by atoms with Gasteiger partial charge in [0, 0.05) is 18.5 Å². The molecule has 2 aliphatic rings. The molecule has 0 aromatic heterocycles. The van der Waals surface area contributed by atoms with Crippen LogP contribution in [0.15, 0.2) is 30.3 Å². The molecule has 0 spiro atoms. The minimum Gasteiger partial charge on any atom is -0.508 e. The van der Waals surface area contributed by atoms with Crippen molar-refractivity contribution in [3.8, 4) is 11.5 Å². The summed E-state index contributed by atoms with van der Waals surface area (Å²) in [4.78, 5) is 2.41. The number of nitrogens with zero attached hydrogens (tertiary/aromatic N) is 1. The van der Waals surface area contributed by atoms with Crippen molar-refractivity contribution >= 4 is 0 Å². The average Bonchev–Trinajstić information content (AvgIpc) is 2.54. The largest absolute Gasteiger partial charge is 0.508 e. The van der Waals surface area contributed by atoms with E-state index in [1.807, 2.05) is 12.1 Å². The number of aromatic hydroxyl groups is 2. The number of aryl methyl sites for hydroxylation is 1. The van der Waals surface area contributed by atoms with Crippen LogP contribution in [0.25, 0.3) is 0 Å². The number of hydrogen-bond acceptors (Lipinski definition) is 3. The third kappa shape index (κ3) is 2.20. The number of rotatable bonds is 1. The Labute approximate surface area is 135 Å². The van der Waals surface area contributed by atoms with Gasteiger partial charge in [0.2, 0.25) is 0 Å². The van der Waals surface area contributed by atoms with Gasteiger partial charge in [0.15, 0.2) is 11.6 Å². The molecule has 2 aromatic carbocycles. The first-order valence-corrected chi connectivity index (χ1v) is 8.15. The van der Waals surface area contributed by atoms with Crippen LogP contribution in [-0.4, -0.2) is 27.7 Å². The lowest BCUT2D eigenvalue weighted by atomic mass is 9.71. The molecule has 0 bridgehead atoms. The molecular weight excluding hydrogens is 293 g/mol. The van der Waals surface area contributed by atoms with Crippen LogP contribution >= 0.6 is 0 Å². The Morgan fingerprint density at radius 2 is 1.96 bits per heavy atom. The Hall–Kier alpha value is -2.07. The monoisotopic (exact) mass is 313 g/mol. The van der Waals surface area contributed by atoms with Crippen molar-refractivity contribution in [1.82, 2.24) is 4.90 Å². The molecule has 1 aliphatic carbocycles. The molecule has 1 aliphatic heterocycles. The maximum atomic E-state index is 13.7. The molecule has 0 saturated heterocycles. The maximum absolute atomic E-state index is 13.7. The van der Waals surface area contributed by atoms with E-state index in [0.717, 1.165) is 42.6 Å². The second-order valence-corrected chi connectivity index (χ2v) is 6.53. The SMILES string of the molecule is CCN1Cc2cc(O)ccc2[C@H]2c3cc(O)c(F)cc3CC[C@@H]21. The quantitative estimate of drug-likeness (QED) is 0.846. The molecule has 1 heterocycles. The van der Waals surface area contributed by atoms with Gasteiger partial charge in [0.25, 0.3) is 0 Å². The van der Waals surface area contributed by atoms with Crippen LogP contribution in [0, 0.1) is 5.82 Å². The lowest BCUT2D eigenvalue weighted by molar-refractivity contribution is 0.149. The molecular formula is C19H20FNO2. The molecule has 23 heavy (non-hydrogen) atoms. The second-order valence-electron chi connectivity index (χ2n) is 6.53. The van der Waals surface area contributed by atoms with Gasteiger partial charge < -0.3 is 10.2 Å². The number of hydrogen-bond donors (Lipinski definition) is 2. The van der Waals surface area contributed by atoms with Gasteiger partial charge in [-0.15, -0.1) is 0 Å². The van der Waals surface area contributed by atoms with Gasteiger partial charge in [-0.05, 0) is 65.9 Å². The lowest BCUT2D eigenvalue weighted by Gasteiger charge is -2.45. The summed E-state index contributed by atoms with van der Waals surface area (Å²) in [5, 5.41) is 19.7. The van der Waals surface area contributed by atoms with Crippen LogP contribution in [0.3, 0.4) is 0 Å². The highest BCUT2D eigenvalue weighted by Crippen LogP contribution is 2.46. The van der Waals surface area contributed by atoms with Crippen molar-refractivity contribution in [3.63, 3.8) is 0 Å². The molecule has 2 atom stereocenters. The minimum atomic E-state index is -0.545. The molecule has 2 aromatic rings. The van der Waals surface area contributed by atoms with E-state index < -0.39 is 5.82 Å². The normalized spacial score (nSPS) is 23.0. The lowest BCUT2D eigenvalue weighted by Crippen LogP contribution is -2.45. The molecule has 0 amide bonds. The molecule has 4 heteroatoms. The van der Waals surface area contributed by atoms with Crippen molar-refractivity contribution < 1.29 is 14.6 Å². The molecule has 0 fully saturated rings. The number of phenols is 2. The van der Waals surface area contributed by atoms with E-state index in [1.165, 1.54) is 11.6 Å². The molecule has 3 nitrogen and oxygen atoms in total. The Morgan fingerprint density at radius 1 is 1.13 bits per heavy atom. The number of benzene rings is 2. The summed E-state index contributed by atoms with van der Waals surface area (Å²) >= 11 is 0. The number of halogens is 1. The highest BCUT2D eigenvalue weighted by Gasteiger charge is 2.39. The minimum absolute atomic E-state index is 0.120. The Bertz CT molecular complexity index is 774. The zero-order valence-electron chi connectivity index (χ0n) is 13.1. The summed E-state index contributed by atoms with van der Waals surface area (Å²) in [6.45, 7) is 3.89. The number of phenolic OH excluding ortho intramolecular Hbond substituents is 2. The molecule has 2 N–H and O–H groups in total. The van der Waals surface area contributed by atoms with Gasteiger partial charge in [-0.2, -0.15) is 0 Å². The van der Waals surface area contributed by atoms with E-state index in [1.54, 1.807) is 12.1 Å². The molecule has 0 radical (unpaired) electrons. The Balaban J connectivity index is 1.92. The zero-order valence-corrected chi connectivity index (χ0v) is 13.1. The van der Waals surface area contributed by atoms with Crippen LogP contribution < -0.4 is 0 Å². The van der Waals surface area contributed by atoms with Crippen molar-refractivity contribution in [2.75, 3.05) is 6.54 Å². The number of likely N-dealkylation sites (N-methyl/N-ethyl adjacent to an activating group) is 1. The van der Waals surface area contributed by atoms with Gasteiger partial charge in [-0.25, -0.2) is 4.39 Å². The predicted molar refractivity (Wildman–Crippen MR) is 86.2 cm³/mol. The fourth-order valence-corrected chi connectivity index (χ4v) is 4.29. The first-order chi connectivity index (χ1) is 11.1. The van der Waals surface area contributed by atoms with Crippen LogP contribution in [0.4, 0.5) is 4.39 Å². The number of fused-ring (bicyclic) bond motifs is 5. The van der Waals surface area contributed by atoms with Gasteiger partial charge in [0.1, 0.15) is 5.75 Å². The third-order valence-electron chi connectivity index (χ3n) is 5.35. The van der Waals surface area contributed by atoms with Crippen LogP contribution in [0.1, 0.15) is 41.5 Å². The average molecular weight is 313 g/mol. The molecule has 120 valence electrons. The summed E-state index contributed by atoms with van der Waals surface area (Å²) in [6.07, 6.45) is 1.81. The maximum Gasteiger partial charge on any atom is 0.165 e. The predicted octanol–water partition coefficient (Wildman–Crippen LogP) is 3.52. The van der Waals surface area contributed by atoms with E-state index in [0.29, 0.717) is 6.04 Å². The summed E-state index contributed by atoms with van der Waals surface area (Å²) in [6, 6.07) is 8.95. The van der Waals surface area contributed by atoms with Crippen molar-refractivity contribution in [2.45, 2.75) is 38.3 Å².